The van der Waals surface area contributed by atoms with Gasteiger partial charge >= 0.3 is 24.2 Å². The van der Waals surface area contributed by atoms with Crippen molar-refractivity contribution in [3.8, 4) is 11.1 Å². The minimum atomic E-state index is -1.03. The number of aryl methyl sites for hydroxylation is 1. The van der Waals surface area contributed by atoms with Gasteiger partial charge in [-0.3, -0.25) is 75.1 Å². The summed E-state index contributed by atoms with van der Waals surface area (Å²) in [5, 5.41) is 34.1. The molecule has 0 spiro atoms. The molecule has 814 valence electrons. The number of imide groups is 1. The lowest BCUT2D eigenvalue weighted by atomic mass is 9.98. The number of carbonyl (C=O) groups is 11. The second-order valence-corrected chi connectivity index (χ2v) is 52.1. The Hall–Kier alpha value is -7.33. The number of carboxylic acids is 1. The molecule has 10 heterocycles. The van der Waals surface area contributed by atoms with Crippen LogP contribution in [0.1, 0.15) is 168 Å². The highest BCUT2D eigenvalue weighted by molar-refractivity contribution is 9.11. The molecular weight excluding hydrogens is 2470 g/mol. The molecule has 9 aliphatic rings. The fourth-order valence-electron chi connectivity index (χ4n) is 17.7. The Balaban J connectivity index is 0.000000375. The topological polar surface area (TPSA) is 507 Å². The third-order valence-electron chi connectivity index (χ3n) is 23.6. The number of carbonyl (C=O) groups excluding carboxylic acids is 10. The summed E-state index contributed by atoms with van der Waals surface area (Å²) >= 11 is 46.3. The Bertz CT molecular complexity index is 6180. The molecule has 4 saturated heterocycles. The van der Waals surface area contributed by atoms with Crippen molar-refractivity contribution >= 4 is 320 Å². The number of ether oxygens (including phenoxy) is 3. The van der Waals surface area contributed by atoms with Gasteiger partial charge in [0.15, 0.2) is 5.78 Å². The number of aliphatic carboxylic acids is 1. The number of aromatic nitrogens is 6. The van der Waals surface area contributed by atoms with Crippen molar-refractivity contribution in [3.63, 3.8) is 0 Å². The molecule has 149 heavy (non-hydrogen) atoms. The largest absolute Gasteiger partial charge is 0.480 e. The van der Waals surface area contributed by atoms with Gasteiger partial charge in [0.2, 0.25) is 23.6 Å². The normalized spacial score (nSPS) is 21.5. The number of benzene rings is 2. The Kier molecular flexibility index (Phi) is 54.5. The highest BCUT2D eigenvalue weighted by Gasteiger charge is 2.71. The zero-order valence-corrected chi connectivity index (χ0v) is 101. The van der Waals surface area contributed by atoms with Gasteiger partial charge in [-0.05, 0) is 291 Å². The summed E-state index contributed by atoms with van der Waals surface area (Å²) in [7, 11) is 15.4. The summed E-state index contributed by atoms with van der Waals surface area (Å²) in [4.78, 5) is 174. The molecule has 8 fully saturated rings. The maximum Gasteiger partial charge on any atom is 0.411 e. The van der Waals surface area contributed by atoms with E-state index in [0.717, 1.165) is 57.0 Å². The molecular formula is C93H124Br4N22O15S15. The van der Waals surface area contributed by atoms with E-state index in [9.17, 15) is 52.7 Å². The Morgan fingerprint density at radius 2 is 0.872 bits per heavy atom. The van der Waals surface area contributed by atoms with E-state index in [1.165, 1.54) is 67.5 Å². The van der Waals surface area contributed by atoms with E-state index in [1.54, 1.807) is 153 Å². The zero-order chi connectivity index (χ0) is 109. The van der Waals surface area contributed by atoms with Gasteiger partial charge in [-0.2, -0.15) is 13.5 Å². The van der Waals surface area contributed by atoms with Crippen LogP contribution in [-0.2, 0) is 186 Å². The third kappa shape index (κ3) is 38.9. The van der Waals surface area contributed by atoms with Crippen LogP contribution >= 0.6 is 77.2 Å². The van der Waals surface area contributed by atoms with Crippen LogP contribution in [0, 0.1) is 34.0 Å². The Morgan fingerprint density at radius 3 is 1.22 bits per heavy atom. The number of anilines is 5. The van der Waals surface area contributed by atoms with Gasteiger partial charge in [0.25, 0.3) is 11.8 Å². The lowest BCUT2D eigenvalue weighted by Gasteiger charge is -2.29. The van der Waals surface area contributed by atoms with Gasteiger partial charge in [-0.25, -0.2) is 44.3 Å². The van der Waals surface area contributed by atoms with Gasteiger partial charge in [0, 0.05) is 251 Å². The van der Waals surface area contributed by atoms with Crippen LogP contribution in [0.25, 0.3) is 11.1 Å². The van der Waals surface area contributed by atoms with Gasteiger partial charge in [-0.15, -0.1) is 0 Å². The van der Waals surface area contributed by atoms with Gasteiger partial charge in [0.1, 0.15) is 94.7 Å². The smallest absolute Gasteiger partial charge is 0.411 e. The number of Topliss-reactive ketones (excluding diaryl/α,β-unsaturated/α-hetero) is 1. The number of fused-ring (bicyclic) bond motifs is 5. The first-order chi connectivity index (χ1) is 68.7. The number of hydrogen-bond donors (Lipinski definition) is 11. The number of likely N-dealkylation sites (tertiary alicyclic amines) is 3. The molecule has 14 N–H and O–H groups in total. The van der Waals surface area contributed by atoms with E-state index in [2.05, 4.69) is 251 Å². The molecule has 5 aliphatic heterocycles. The summed E-state index contributed by atoms with van der Waals surface area (Å²) in [6, 6.07) is 31.1. The number of rotatable bonds is 21. The fraction of sp³-hybridized carbons (Fsp3) is 0.484. The van der Waals surface area contributed by atoms with Crippen LogP contribution in [0.3, 0.4) is 0 Å². The molecule has 7 aromatic rings. The third-order valence-corrected chi connectivity index (χ3v) is 32.1. The number of hydrogen-bond acceptors (Lipinski definition) is 36. The maximum absolute atomic E-state index is 13.3. The quantitative estimate of drug-likeness (QED) is 0.00795. The molecule has 9 amide bonds. The molecule has 4 aliphatic carbocycles. The minimum absolute atomic E-state index is 0. The monoisotopic (exact) mass is 2580 g/mol. The van der Waals surface area contributed by atoms with E-state index < -0.39 is 76.3 Å². The minimum Gasteiger partial charge on any atom is -0.480 e. The zero-order valence-electron chi connectivity index (χ0n) is 82.4. The number of nitrogens with two attached hydrogens (primary N) is 3. The van der Waals surface area contributed by atoms with Gasteiger partial charge in [-0.1, -0.05) is 57.3 Å². The number of pyridine rings is 4. The van der Waals surface area contributed by atoms with Crippen molar-refractivity contribution in [1.29, 1.82) is 5.41 Å². The first kappa shape index (κ1) is 134. The van der Waals surface area contributed by atoms with Crippen LogP contribution in [0.4, 0.5) is 43.3 Å². The lowest BCUT2D eigenvalue weighted by molar-refractivity contribution is -0.135. The molecule has 12 atom stereocenters. The number of nitrogens with zero attached hydrogens (tertiary/aromatic N) is 12. The predicted molar refractivity (Wildman–Crippen MR) is 636 cm³/mol. The number of halogens is 4. The predicted octanol–water partition coefficient (Wildman–Crippen LogP) is 13.0. The molecule has 16 rings (SSSR count). The highest BCUT2D eigenvalue weighted by atomic mass is 79.9. The van der Waals surface area contributed by atoms with Crippen LogP contribution in [0.2, 0.25) is 0 Å². The summed E-state index contributed by atoms with van der Waals surface area (Å²) in [6.45, 7) is 21.5. The Labute approximate surface area is 966 Å². The summed E-state index contributed by atoms with van der Waals surface area (Å²) in [5.41, 5.74) is 6.31. The molecule has 5 aromatic heterocycles. The number of ketones is 1. The van der Waals surface area contributed by atoms with Crippen molar-refractivity contribution in [2.45, 2.75) is 208 Å². The number of carboxylic acid groups (broad SMARTS) is 1. The van der Waals surface area contributed by atoms with Crippen LogP contribution in [0.5, 0.6) is 0 Å². The number of hydrazine groups is 1. The number of piperidine rings is 4. The lowest BCUT2D eigenvalue weighted by Crippen LogP contribution is -2.47. The standard InChI is InChI=1S/C25H25BrN4O5.C19H27BrN4O3.C17H23BrN4O3.C16H16N4O3.C14H19BrN4O.2CH4.H4N2.S5.S4.S3.S2.H2S/c1-24(2,3)35-23(34)30-16(20(31)28-19-10-6-9-18(26)27-19)11-25(12-17(25)30)13-29-21(32)14-7-4-5-8-15(14)22(29)33;1-18(2,3)27-17(26)24-12(9-19(10-13(19)24)11-23(4)5)16(25)22-15-8-6-7-14(20)21-15;1-16(2,3)25-15(24)22-10(7-17(9-19)8-11(17)22)14(23)21-13-6-4-5-12(18)20-13;1-9(21)16(17)13-5-11(12-6-18-10(2)19-7-12)3-4-14(13)20-8-15(22)23;1-19(2)8-14-6-9(16-10(14)7-14)13(20)18-12-5-3-4-11(15)17-12;;;1-2;1-3-5-4-2;1-3-4-2;1-3-2;1-2;/h4-10,16-17H,11-13H2,1-3H3,(H,27,28,31);6-8,12-13H,9-11H2,1-5H3,(H,21,22,25);4-6,10-11H,7-9,19H2,1-3H3,(H,20,21,23);3-7,17,20H,8H2,1-2H3,(H,22,23);3-5,9-10,16H,6-8H2,1-2H3,(H,17,18,20);2*1H4;1-2H2;;;;;1H2/t16-,17?,25?;12-,13?,19?;10-,11?,17?;;9-,10?,14?;;;;;;;;/m000.0......../s1. The first-order valence-corrected chi connectivity index (χ1v) is 61.0. The van der Waals surface area contributed by atoms with E-state index in [4.69, 9.17) is 30.5 Å². The van der Waals surface area contributed by atoms with Crippen molar-refractivity contribution in [2.75, 3.05) is 87.5 Å². The molecule has 37 nitrogen and oxygen atoms in total. The molecule has 56 heteroatoms. The van der Waals surface area contributed by atoms with Crippen LogP contribution in [-0.4, -0.2) is 262 Å². The average molecular weight is 2590 g/mol. The highest BCUT2D eigenvalue weighted by Crippen LogP contribution is 2.63. The van der Waals surface area contributed by atoms with E-state index in [-0.39, 0.29) is 112 Å². The van der Waals surface area contributed by atoms with E-state index >= 15 is 0 Å². The molecule has 0 radical (unpaired) electrons. The summed E-state index contributed by atoms with van der Waals surface area (Å²) in [5.74, 6) is 7.49. The van der Waals surface area contributed by atoms with Gasteiger partial charge in [0.05, 0.1) is 17.2 Å². The summed E-state index contributed by atoms with van der Waals surface area (Å²) in [6.07, 6.45) is 7.73. The van der Waals surface area contributed by atoms with E-state index in [0.29, 0.717) is 109 Å². The van der Waals surface area contributed by atoms with Crippen molar-refractivity contribution in [3.05, 3.63) is 169 Å². The molecule has 4 saturated carbocycles. The van der Waals surface area contributed by atoms with E-state index in [1.807, 2.05) is 67.8 Å². The number of nitrogens with one attached hydrogen (secondary N) is 7. The van der Waals surface area contributed by atoms with Crippen molar-refractivity contribution in [2.24, 2.45) is 39.1 Å². The van der Waals surface area contributed by atoms with Crippen molar-refractivity contribution < 1.29 is 72.1 Å². The maximum atomic E-state index is 13.3. The second kappa shape index (κ2) is 60.7. The molecule has 0 bridgehead atoms. The summed E-state index contributed by atoms with van der Waals surface area (Å²) < 4.78 is 19.3. The Morgan fingerprint density at radius 1 is 0.517 bits per heavy atom. The average Bonchev–Trinajstić information content (AvgIpc) is 1.54. The first-order valence-electron chi connectivity index (χ1n) is 44.5. The SMILES string of the molecule is C.C.CC(=O)C(=N)c1cc(-c2cnc(C)nc2)ccc1NCC(=O)O.CC(C)(C)OC(=O)N1C2CC2(CN)C[C@H]1C(=O)Nc1cccc(Br)n1.CC(C)(C)OC(=O)N1C2CC2(CN2C(=O)c3ccccc3C2=O)C[C@H]1C(=O)Nc1cccc(Br)n1.CN(C)CC12CC1N(C(=O)OC(C)(C)C)[C@H](C(=O)Nc1cccc(Br)n1)C2.CN(C)CC12CC1N[C@H](C(=O)Nc1cccc(Br)n1)C2.NN.S.S=S.S=S=S.S=S=S=S.S=S=S=S=S. The van der Waals surface area contributed by atoms with Crippen LogP contribution in [0.15, 0.2) is 146 Å². The molecule has 8 unspecified atom stereocenters. The molecule has 2 aromatic carbocycles. The van der Waals surface area contributed by atoms with Crippen LogP contribution < -0.4 is 49.3 Å². The van der Waals surface area contributed by atoms with Gasteiger partial charge < -0.3 is 66.8 Å². The fourth-order valence-corrected chi connectivity index (χ4v) is 21.8. The number of amides is 9. The second-order valence-electron chi connectivity index (χ2n) is 38.2. The van der Waals surface area contributed by atoms with Crippen molar-refractivity contribution in [1.82, 2.24) is 64.6 Å².